The minimum absolute atomic E-state index is 0.400. The van der Waals surface area contributed by atoms with E-state index in [-0.39, 0.29) is 0 Å². The number of nitrogens with one attached hydrogen (secondary N) is 1. The molecule has 0 unspecified atom stereocenters. The van der Waals surface area contributed by atoms with Crippen LogP contribution in [0.1, 0.15) is 10.4 Å². The fraction of sp³-hybridized carbons (Fsp3) is 0.182. The van der Waals surface area contributed by atoms with Crippen molar-refractivity contribution in [2.24, 2.45) is 0 Å². The summed E-state index contributed by atoms with van der Waals surface area (Å²) in [6, 6.07) is 5.46. The van der Waals surface area contributed by atoms with Crippen molar-refractivity contribution in [3.05, 3.63) is 30.0 Å². The molecule has 4 nitrogen and oxygen atoms in total. The van der Waals surface area contributed by atoms with Crippen molar-refractivity contribution in [1.82, 2.24) is 4.98 Å². The Morgan fingerprint density at radius 3 is 2.73 bits per heavy atom. The Morgan fingerprint density at radius 1 is 1.27 bits per heavy atom. The van der Waals surface area contributed by atoms with Gasteiger partial charge in [-0.15, -0.1) is 0 Å². The molecule has 4 heteroatoms. The zero-order valence-corrected chi connectivity index (χ0v) is 8.53. The molecule has 0 radical (unpaired) electrons. The number of fused-ring (bicyclic) bond motifs is 1. The summed E-state index contributed by atoms with van der Waals surface area (Å²) in [7, 11) is 2.88. The summed E-state index contributed by atoms with van der Waals surface area (Å²) in [6.45, 7) is 0. The molecule has 78 valence electrons. The van der Waals surface area contributed by atoms with Gasteiger partial charge >= 0.3 is 5.97 Å². The van der Waals surface area contributed by atoms with Gasteiger partial charge in [-0.2, -0.15) is 0 Å². The predicted molar refractivity (Wildman–Crippen MR) is 56.2 cm³/mol. The monoisotopic (exact) mass is 205 g/mol. The molecular weight excluding hydrogens is 194 g/mol. The van der Waals surface area contributed by atoms with E-state index in [0.29, 0.717) is 11.3 Å². The summed E-state index contributed by atoms with van der Waals surface area (Å²) in [6.07, 6.45) is 1.80. The smallest absolute Gasteiger partial charge is 0.341 e. The van der Waals surface area contributed by atoms with E-state index in [1.165, 1.54) is 14.2 Å². The zero-order valence-electron chi connectivity index (χ0n) is 8.53. The van der Waals surface area contributed by atoms with Gasteiger partial charge < -0.3 is 14.5 Å². The molecule has 2 aromatic rings. The van der Waals surface area contributed by atoms with Crippen LogP contribution in [0.25, 0.3) is 10.9 Å². The average Bonchev–Trinajstić information content (AvgIpc) is 2.74. The molecule has 15 heavy (non-hydrogen) atoms. The maximum atomic E-state index is 11.4. The maximum absolute atomic E-state index is 11.4. The minimum atomic E-state index is -0.400. The van der Waals surface area contributed by atoms with E-state index in [1.54, 1.807) is 12.3 Å². The van der Waals surface area contributed by atoms with E-state index in [0.717, 1.165) is 10.9 Å². The highest BCUT2D eigenvalue weighted by atomic mass is 16.5. The molecule has 0 bridgehead atoms. The average molecular weight is 205 g/mol. The highest BCUT2D eigenvalue weighted by Gasteiger charge is 2.15. The molecule has 1 aromatic heterocycles. The van der Waals surface area contributed by atoms with Gasteiger partial charge in [0.2, 0.25) is 0 Å². The number of esters is 1. The van der Waals surface area contributed by atoms with Gasteiger partial charge in [0, 0.05) is 11.6 Å². The van der Waals surface area contributed by atoms with Crippen molar-refractivity contribution in [2.45, 2.75) is 0 Å². The SMILES string of the molecule is COC(=O)c1ccc2cc[nH]c2c1OC. The van der Waals surface area contributed by atoms with Gasteiger partial charge in [0.1, 0.15) is 5.56 Å². The summed E-state index contributed by atoms with van der Waals surface area (Å²) < 4.78 is 9.88. The van der Waals surface area contributed by atoms with E-state index in [9.17, 15) is 4.79 Å². The highest BCUT2D eigenvalue weighted by molar-refractivity contribution is 6.00. The first kappa shape index (κ1) is 9.58. The summed E-state index contributed by atoms with van der Waals surface area (Å²) in [5, 5.41) is 1.000. The standard InChI is InChI=1S/C11H11NO3/c1-14-10-8(11(13)15-2)4-3-7-5-6-12-9(7)10/h3-6,12H,1-2H3. The van der Waals surface area contributed by atoms with Crippen LogP contribution in [0.2, 0.25) is 0 Å². The molecule has 0 amide bonds. The number of carbonyl (C=O) groups is 1. The first-order valence-corrected chi connectivity index (χ1v) is 4.50. The molecule has 1 heterocycles. The van der Waals surface area contributed by atoms with E-state index < -0.39 is 5.97 Å². The largest absolute Gasteiger partial charge is 0.494 e. The van der Waals surface area contributed by atoms with Crippen molar-refractivity contribution in [1.29, 1.82) is 0 Å². The first-order chi connectivity index (χ1) is 7.27. The Morgan fingerprint density at radius 2 is 2.07 bits per heavy atom. The number of ether oxygens (including phenoxy) is 2. The van der Waals surface area contributed by atoms with Crippen molar-refractivity contribution in [2.75, 3.05) is 14.2 Å². The van der Waals surface area contributed by atoms with Crippen LogP contribution in [0.5, 0.6) is 5.75 Å². The Kier molecular flexibility index (Phi) is 2.33. The first-order valence-electron chi connectivity index (χ1n) is 4.50. The van der Waals surface area contributed by atoms with Crippen LogP contribution in [0.4, 0.5) is 0 Å². The van der Waals surface area contributed by atoms with E-state index in [2.05, 4.69) is 9.72 Å². The van der Waals surface area contributed by atoms with Crippen LogP contribution in [-0.4, -0.2) is 25.2 Å². The summed E-state index contributed by atoms with van der Waals surface area (Å²) in [5.41, 5.74) is 1.23. The number of H-pyrrole nitrogens is 1. The number of methoxy groups -OCH3 is 2. The summed E-state index contributed by atoms with van der Waals surface area (Å²) in [5.74, 6) is 0.118. The Balaban J connectivity index is 2.69. The van der Waals surface area contributed by atoms with Gasteiger partial charge in [-0.3, -0.25) is 0 Å². The predicted octanol–water partition coefficient (Wildman–Crippen LogP) is 1.96. The summed E-state index contributed by atoms with van der Waals surface area (Å²) >= 11 is 0. The van der Waals surface area contributed by atoms with Crippen molar-refractivity contribution < 1.29 is 14.3 Å². The molecule has 2 rings (SSSR count). The molecule has 1 N–H and O–H groups in total. The van der Waals surface area contributed by atoms with Crippen molar-refractivity contribution in [3.63, 3.8) is 0 Å². The third-order valence-electron chi connectivity index (χ3n) is 2.29. The Hall–Kier alpha value is -1.97. The lowest BCUT2D eigenvalue weighted by atomic mass is 10.1. The molecule has 1 aromatic carbocycles. The molecule has 0 atom stereocenters. The van der Waals surface area contributed by atoms with Gasteiger partial charge in [-0.1, -0.05) is 6.07 Å². The Bertz CT molecular complexity index is 502. The molecule has 0 saturated carbocycles. The van der Waals surface area contributed by atoms with E-state index in [4.69, 9.17) is 4.74 Å². The second-order valence-electron chi connectivity index (χ2n) is 3.08. The van der Waals surface area contributed by atoms with Crippen molar-refractivity contribution in [3.8, 4) is 5.75 Å². The molecule has 0 saturated heterocycles. The number of rotatable bonds is 2. The number of carbonyl (C=O) groups excluding carboxylic acids is 1. The topological polar surface area (TPSA) is 51.3 Å². The van der Waals surface area contributed by atoms with E-state index in [1.807, 2.05) is 12.1 Å². The van der Waals surface area contributed by atoms with Crippen LogP contribution in [0, 0.1) is 0 Å². The molecule has 0 spiro atoms. The van der Waals surface area contributed by atoms with Gasteiger partial charge in [0.05, 0.1) is 19.7 Å². The molecular formula is C11H11NO3. The van der Waals surface area contributed by atoms with E-state index >= 15 is 0 Å². The lowest BCUT2D eigenvalue weighted by molar-refractivity contribution is 0.0597. The van der Waals surface area contributed by atoms with Crippen molar-refractivity contribution >= 4 is 16.9 Å². The highest BCUT2D eigenvalue weighted by Crippen LogP contribution is 2.28. The second kappa shape index (κ2) is 3.65. The molecule has 0 aliphatic heterocycles. The lowest BCUT2D eigenvalue weighted by Gasteiger charge is -2.07. The molecule has 0 aliphatic carbocycles. The zero-order chi connectivity index (χ0) is 10.8. The number of benzene rings is 1. The quantitative estimate of drug-likeness (QED) is 0.762. The minimum Gasteiger partial charge on any atom is -0.494 e. The third-order valence-corrected chi connectivity index (χ3v) is 2.29. The van der Waals surface area contributed by atoms with Crippen LogP contribution >= 0.6 is 0 Å². The lowest BCUT2D eigenvalue weighted by Crippen LogP contribution is -2.04. The Labute approximate surface area is 86.8 Å². The van der Waals surface area contributed by atoms with Crippen LogP contribution in [0.15, 0.2) is 24.4 Å². The second-order valence-corrected chi connectivity index (χ2v) is 3.08. The maximum Gasteiger partial charge on any atom is 0.341 e. The number of aromatic amines is 1. The molecule has 0 fully saturated rings. The van der Waals surface area contributed by atoms with Gasteiger partial charge in [-0.25, -0.2) is 4.79 Å². The number of hydrogen-bond donors (Lipinski definition) is 1. The normalized spacial score (nSPS) is 10.3. The van der Waals surface area contributed by atoms with Gasteiger partial charge in [0.15, 0.2) is 5.75 Å². The molecule has 0 aliphatic rings. The fourth-order valence-corrected chi connectivity index (χ4v) is 1.58. The van der Waals surface area contributed by atoms with Crippen LogP contribution in [0.3, 0.4) is 0 Å². The van der Waals surface area contributed by atoms with Crippen LogP contribution in [-0.2, 0) is 4.74 Å². The number of aromatic nitrogens is 1. The van der Waals surface area contributed by atoms with Gasteiger partial charge in [0.25, 0.3) is 0 Å². The summed E-state index contributed by atoms with van der Waals surface area (Å²) in [4.78, 5) is 14.5. The fourth-order valence-electron chi connectivity index (χ4n) is 1.58. The number of hydrogen-bond acceptors (Lipinski definition) is 3. The van der Waals surface area contributed by atoms with Crippen LogP contribution < -0.4 is 4.74 Å². The third kappa shape index (κ3) is 1.44. The van der Waals surface area contributed by atoms with Gasteiger partial charge in [-0.05, 0) is 12.1 Å².